The van der Waals surface area contributed by atoms with Crippen molar-refractivity contribution in [1.29, 1.82) is 0 Å². The Morgan fingerprint density at radius 1 is 0.962 bits per heavy atom. The lowest BCUT2D eigenvalue weighted by Crippen LogP contribution is -2.48. The number of nitrogens with zero attached hydrogens (tertiary/aromatic N) is 4. The van der Waals surface area contributed by atoms with Crippen LogP contribution in [0.1, 0.15) is 75.7 Å². The summed E-state index contributed by atoms with van der Waals surface area (Å²) in [5, 5.41) is 27.7. The maximum atomic E-state index is 13.9. The number of aryl methyl sites for hydroxylation is 2. The van der Waals surface area contributed by atoms with Crippen LogP contribution < -0.4 is 27.6 Å². The Labute approximate surface area is 315 Å². The molecule has 2 aromatic carbocycles. The van der Waals surface area contributed by atoms with Crippen molar-refractivity contribution in [3.05, 3.63) is 92.4 Å². The number of hydrogen-bond donors (Lipinski definition) is 5. The second-order valence-electron chi connectivity index (χ2n) is 13.4. The predicted octanol–water partition coefficient (Wildman–Crippen LogP) is 3.88. The van der Waals surface area contributed by atoms with Gasteiger partial charge in [-0.3, -0.25) is 23.5 Å². The largest absolute Gasteiger partial charge is 0.480 e. The molecule has 0 radical (unpaired) electrons. The van der Waals surface area contributed by atoms with E-state index < -0.39 is 29.1 Å². The van der Waals surface area contributed by atoms with Crippen molar-refractivity contribution in [1.82, 2.24) is 24.0 Å². The molecule has 0 aliphatic heterocycles. The van der Waals surface area contributed by atoms with E-state index in [1.165, 1.54) is 4.57 Å². The number of fused-ring (bicyclic) bond motifs is 1. The number of carbonyl (C=O) groups excluding carboxylic acids is 1. The van der Waals surface area contributed by atoms with Gasteiger partial charge in [0.1, 0.15) is 5.82 Å². The molecule has 286 valence electrons. The smallest absolute Gasteiger partial charge is 0.332 e. The fraction of sp³-hybridized carbons (Fsp3) is 0.487. The average Bonchev–Trinajstić information content (AvgIpc) is 3.51. The molecule has 6 N–H and O–H groups in total. The van der Waals surface area contributed by atoms with Gasteiger partial charge in [-0.1, -0.05) is 81.4 Å². The van der Waals surface area contributed by atoms with Gasteiger partial charge in [0.05, 0.1) is 6.10 Å². The monoisotopic (exact) mass is 747 g/mol. The lowest BCUT2D eigenvalue weighted by atomic mass is 9.81. The third-order valence-electron chi connectivity index (χ3n) is 9.66. The summed E-state index contributed by atoms with van der Waals surface area (Å²) in [5.41, 5.74) is 6.31. The van der Waals surface area contributed by atoms with Crippen molar-refractivity contribution >= 4 is 46.3 Å². The van der Waals surface area contributed by atoms with E-state index in [9.17, 15) is 29.4 Å². The van der Waals surface area contributed by atoms with Gasteiger partial charge in [0.2, 0.25) is 5.91 Å². The zero-order valence-corrected chi connectivity index (χ0v) is 31.6. The molecule has 53 heavy (non-hydrogen) atoms. The Balaban J connectivity index is 1.61. The van der Waals surface area contributed by atoms with Gasteiger partial charge in [-0.05, 0) is 67.2 Å². The summed E-state index contributed by atoms with van der Waals surface area (Å²) in [7, 11) is 0. The number of aliphatic hydroxyl groups excluding tert-OH is 1. The highest BCUT2D eigenvalue weighted by Crippen LogP contribution is 2.27. The number of nitrogens with one attached hydrogen (secondary N) is 2. The number of aliphatic hydroxyl groups is 1. The number of benzene rings is 2. The van der Waals surface area contributed by atoms with Crippen LogP contribution in [0.3, 0.4) is 0 Å². The molecule has 0 aliphatic carbocycles. The minimum atomic E-state index is -1.75. The van der Waals surface area contributed by atoms with Gasteiger partial charge in [0.25, 0.3) is 5.56 Å². The number of carbonyl (C=O) groups is 2. The molecule has 0 bridgehead atoms. The Hall–Kier alpha value is -4.50. The first-order valence-electron chi connectivity index (χ1n) is 18.5. The molecule has 2 unspecified atom stereocenters. The minimum absolute atomic E-state index is 0.116. The first-order chi connectivity index (χ1) is 25.6. The number of thiocarbonyl (C=S) groups is 1. The number of carboxylic acid groups (broad SMARTS) is 1. The fourth-order valence-corrected chi connectivity index (χ4v) is 6.56. The summed E-state index contributed by atoms with van der Waals surface area (Å²) in [4.78, 5) is 58.3. The van der Waals surface area contributed by atoms with Crippen molar-refractivity contribution in [3.8, 4) is 0 Å². The molecule has 0 saturated carbocycles. The zero-order chi connectivity index (χ0) is 38.4. The minimum Gasteiger partial charge on any atom is -0.480 e. The molecule has 2 aromatic heterocycles. The number of carboxylic acids is 1. The van der Waals surface area contributed by atoms with E-state index in [-0.39, 0.29) is 31.6 Å². The normalized spacial score (nSPS) is 13.1. The van der Waals surface area contributed by atoms with Crippen molar-refractivity contribution in [2.75, 3.05) is 25.0 Å². The number of aromatic nitrogens is 4. The number of amides is 1. The average molecular weight is 748 g/mol. The molecule has 1 amide bonds. The quantitative estimate of drug-likeness (QED) is 0.0424. The molecule has 2 atom stereocenters. The summed E-state index contributed by atoms with van der Waals surface area (Å²) >= 11 is 4.86. The van der Waals surface area contributed by atoms with Crippen LogP contribution in [0.25, 0.3) is 11.2 Å². The van der Waals surface area contributed by atoms with E-state index in [0.717, 1.165) is 30.4 Å². The number of unbranched alkanes of at least 4 members (excludes halogenated alkanes) is 3. The third kappa shape index (κ3) is 10.3. The molecule has 13 nitrogen and oxygen atoms in total. The first-order valence-corrected chi connectivity index (χ1v) is 19.0. The molecular formula is C39H53N7O6S. The second kappa shape index (κ2) is 20.1. The molecule has 0 fully saturated rings. The zero-order valence-electron chi connectivity index (χ0n) is 30.8. The van der Waals surface area contributed by atoms with Gasteiger partial charge < -0.3 is 31.1 Å². The molecule has 4 aromatic rings. The van der Waals surface area contributed by atoms with Crippen LogP contribution in [-0.2, 0) is 42.1 Å². The maximum Gasteiger partial charge on any atom is 0.332 e. The fourth-order valence-electron chi connectivity index (χ4n) is 6.39. The lowest BCUT2D eigenvalue weighted by molar-refractivity contribution is -0.153. The first kappa shape index (κ1) is 41.3. The standard InChI is InChI=1S/C39H53N7O6S/c1-3-21-46-35(48)33-34(43-32(25-29-12-8-7-9-13-29)44(33)23-20-41-26-31(47)4-2)45(38(46)52)22-18-28-14-16-30(17-15-28)42-36(49)39(27-40,37(50)51)19-10-5-6-11-24-53/h7-9,12-17,24,31,41,47H,3-6,10-11,18-23,25-27,40H2,1-2H3,(H,42,49)(H,50,51). The number of rotatable bonds is 23. The Kier molecular flexibility index (Phi) is 15.6. The van der Waals surface area contributed by atoms with Gasteiger partial charge in [-0.25, -0.2) is 9.78 Å². The van der Waals surface area contributed by atoms with Crippen LogP contribution in [0.15, 0.2) is 64.2 Å². The van der Waals surface area contributed by atoms with Crippen LogP contribution in [-0.4, -0.2) is 71.9 Å². The van der Waals surface area contributed by atoms with E-state index in [0.29, 0.717) is 74.4 Å². The highest BCUT2D eigenvalue weighted by Gasteiger charge is 2.44. The van der Waals surface area contributed by atoms with E-state index in [1.807, 2.05) is 60.9 Å². The topological polar surface area (TPSA) is 186 Å². The Morgan fingerprint density at radius 3 is 2.34 bits per heavy atom. The molecular weight excluding hydrogens is 695 g/mol. The van der Waals surface area contributed by atoms with Gasteiger partial charge >= 0.3 is 11.7 Å². The summed E-state index contributed by atoms with van der Waals surface area (Å²) in [5.74, 6) is -1.26. The van der Waals surface area contributed by atoms with Crippen molar-refractivity contribution in [2.24, 2.45) is 11.1 Å². The van der Waals surface area contributed by atoms with E-state index in [2.05, 4.69) is 10.6 Å². The number of hydrogen-bond acceptors (Lipinski definition) is 9. The highest BCUT2D eigenvalue weighted by molar-refractivity contribution is 7.78. The molecule has 0 aliphatic rings. The van der Waals surface area contributed by atoms with Crippen LogP contribution >= 0.6 is 12.2 Å². The number of aliphatic carboxylic acids is 1. The summed E-state index contributed by atoms with van der Waals surface area (Å²) in [6, 6.07) is 16.8. The number of anilines is 1. The predicted molar refractivity (Wildman–Crippen MR) is 212 cm³/mol. The van der Waals surface area contributed by atoms with Crippen LogP contribution in [0, 0.1) is 5.41 Å². The number of imidazole rings is 1. The van der Waals surface area contributed by atoms with E-state index in [4.69, 9.17) is 22.9 Å². The maximum absolute atomic E-state index is 13.9. The molecule has 4 rings (SSSR count). The number of nitrogens with two attached hydrogens (primary N) is 1. The van der Waals surface area contributed by atoms with Gasteiger partial charge in [-0.2, -0.15) is 0 Å². The second-order valence-corrected chi connectivity index (χ2v) is 13.8. The lowest BCUT2D eigenvalue weighted by Gasteiger charge is -2.26. The summed E-state index contributed by atoms with van der Waals surface area (Å²) < 4.78 is 4.74. The van der Waals surface area contributed by atoms with E-state index in [1.54, 1.807) is 22.1 Å². The van der Waals surface area contributed by atoms with Gasteiger partial charge in [0, 0.05) is 51.4 Å². The van der Waals surface area contributed by atoms with E-state index >= 15 is 0 Å². The Morgan fingerprint density at radius 2 is 1.70 bits per heavy atom. The van der Waals surface area contributed by atoms with Gasteiger partial charge in [-0.15, -0.1) is 0 Å². The molecule has 0 saturated heterocycles. The van der Waals surface area contributed by atoms with Gasteiger partial charge in [0.15, 0.2) is 16.6 Å². The van der Waals surface area contributed by atoms with Crippen LogP contribution in [0.5, 0.6) is 0 Å². The van der Waals surface area contributed by atoms with Crippen molar-refractivity contribution < 1.29 is 19.8 Å². The molecule has 14 heteroatoms. The summed E-state index contributed by atoms with van der Waals surface area (Å²) in [6.07, 6.45) is 4.60. The third-order valence-corrected chi connectivity index (χ3v) is 9.90. The SMILES string of the molecule is CCCn1c(=O)c2c(nc(Cc3ccccc3)n2CCNCC(O)CC)n(CCc2ccc(NC(=O)C(CN)(CCCCCC=S)C(=O)O)cc2)c1=O. The Bertz CT molecular complexity index is 1940. The molecule has 0 spiro atoms. The van der Waals surface area contributed by atoms with Crippen LogP contribution in [0.2, 0.25) is 0 Å². The van der Waals surface area contributed by atoms with Crippen LogP contribution in [0.4, 0.5) is 5.69 Å². The van der Waals surface area contributed by atoms with Crippen molar-refractivity contribution in [2.45, 2.75) is 97.4 Å². The van der Waals surface area contributed by atoms with Crippen molar-refractivity contribution in [3.63, 3.8) is 0 Å². The summed E-state index contributed by atoms with van der Waals surface area (Å²) in [6.45, 7) is 5.34. The molecule has 2 heterocycles. The highest BCUT2D eigenvalue weighted by atomic mass is 32.1.